The Morgan fingerprint density at radius 3 is 2.79 bits per heavy atom. The van der Waals surface area contributed by atoms with Gasteiger partial charge in [-0.05, 0) is 40.2 Å². The van der Waals surface area contributed by atoms with E-state index >= 15 is 0 Å². The first-order valence-electron chi connectivity index (χ1n) is 8.84. The van der Waals surface area contributed by atoms with Gasteiger partial charge in [-0.2, -0.15) is 4.98 Å². The molecule has 0 saturated carbocycles. The van der Waals surface area contributed by atoms with Gasteiger partial charge in [-0.25, -0.2) is 4.39 Å². The summed E-state index contributed by atoms with van der Waals surface area (Å²) in [5.41, 5.74) is -0.00852. The summed E-state index contributed by atoms with van der Waals surface area (Å²) in [5, 5.41) is 3.93. The zero-order chi connectivity index (χ0) is 17.3. The number of ether oxygens (including phenoxy) is 1. The molecule has 24 heavy (non-hydrogen) atoms. The van der Waals surface area contributed by atoms with Crippen LogP contribution in [0.5, 0.6) is 0 Å². The van der Waals surface area contributed by atoms with Crippen LogP contribution in [0.4, 0.5) is 4.39 Å². The van der Waals surface area contributed by atoms with E-state index in [9.17, 15) is 4.39 Å². The first kappa shape index (κ1) is 17.8. The first-order valence-corrected chi connectivity index (χ1v) is 8.84. The van der Waals surface area contributed by atoms with Gasteiger partial charge >= 0.3 is 0 Å². The van der Waals surface area contributed by atoms with Crippen LogP contribution >= 0.6 is 0 Å². The van der Waals surface area contributed by atoms with Gasteiger partial charge in [0, 0.05) is 32.6 Å². The number of hydrogen-bond donors (Lipinski definition) is 0. The number of rotatable bonds is 6. The zero-order valence-electron chi connectivity index (χ0n) is 15.2. The van der Waals surface area contributed by atoms with Crippen molar-refractivity contribution in [1.29, 1.82) is 0 Å². The van der Waals surface area contributed by atoms with E-state index in [4.69, 9.17) is 9.26 Å². The second-order valence-electron chi connectivity index (χ2n) is 7.91. The number of aromatic nitrogens is 2. The molecule has 2 aliphatic heterocycles. The van der Waals surface area contributed by atoms with Crippen molar-refractivity contribution in [3.63, 3.8) is 0 Å². The van der Waals surface area contributed by atoms with Crippen LogP contribution in [0, 0.1) is 6.92 Å². The Bertz CT molecular complexity index is 550. The summed E-state index contributed by atoms with van der Waals surface area (Å²) < 4.78 is 25.0. The molecular weight excluding hydrogens is 311 g/mol. The summed E-state index contributed by atoms with van der Waals surface area (Å²) in [6.07, 6.45) is 2.27. The van der Waals surface area contributed by atoms with Crippen molar-refractivity contribution in [3.05, 3.63) is 11.7 Å². The molecule has 1 unspecified atom stereocenters. The lowest BCUT2D eigenvalue weighted by Crippen LogP contribution is -2.41. The summed E-state index contributed by atoms with van der Waals surface area (Å²) in [4.78, 5) is 8.63. The number of hydrogen-bond acceptors (Lipinski definition) is 6. The fraction of sp³-hybridized carbons (Fsp3) is 0.882. The van der Waals surface area contributed by atoms with E-state index in [1.807, 2.05) is 0 Å². The summed E-state index contributed by atoms with van der Waals surface area (Å²) >= 11 is 0. The smallest absolute Gasteiger partial charge is 0.223 e. The van der Waals surface area contributed by atoms with Crippen molar-refractivity contribution in [3.8, 4) is 0 Å². The summed E-state index contributed by atoms with van der Waals surface area (Å²) in [6, 6.07) is 0.179. The fourth-order valence-electron chi connectivity index (χ4n) is 3.88. The molecule has 3 heterocycles. The predicted molar refractivity (Wildman–Crippen MR) is 88.4 cm³/mol. The Kier molecular flexibility index (Phi) is 5.22. The highest BCUT2D eigenvalue weighted by atomic mass is 19.1. The topological polar surface area (TPSA) is 54.6 Å². The molecular formula is C17H29FN4O2. The molecule has 2 saturated heterocycles. The minimum absolute atomic E-state index is 0.00852. The van der Waals surface area contributed by atoms with Crippen LogP contribution in [0.25, 0.3) is 0 Å². The van der Waals surface area contributed by atoms with Crippen LogP contribution in [0.2, 0.25) is 0 Å². The molecule has 6 nitrogen and oxygen atoms in total. The molecule has 1 aromatic heterocycles. The number of alkyl halides is 1. The van der Waals surface area contributed by atoms with Crippen molar-refractivity contribution in [1.82, 2.24) is 19.9 Å². The Hall–Kier alpha value is -1.05. The van der Waals surface area contributed by atoms with Gasteiger partial charge in [-0.15, -0.1) is 0 Å². The van der Waals surface area contributed by atoms with Crippen LogP contribution in [0.1, 0.15) is 44.8 Å². The average molecular weight is 340 g/mol. The first-order chi connectivity index (χ1) is 11.3. The summed E-state index contributed by atoms with van der Waals surface area (Å²) in [6.45, 7) is 8.78. The molecule has 3 rings (SSSR count). The Morgan fingerprint density at radius 1 is 1.38 bits per heavy atom. The van der Waals surface area contributed by atoms with Gasteiger partial charge < -0.3 is 14.2 Å². The highest BCUT2D eigenvalue weighted by molar-refractivity contribution is 4.92. The number of likely N-dealkylation sites (tertiary alicyclic amines) is 1. The number of likely N-dealkylation sites (N-methyl/N-ethyl adjacent to an activating group) is 1. The number of nitrogens with zero attached hydrogens (tertiary/aromatic N) is 4. The van der Waals surface area contributed by atoms with E-state index in [1.165, 1.54) is 0 Å². The van der Waals surface area contributed by atoms with Gasteiger partial charge in [-0.1, -0.05) is 5.16 Å². The number of aryl methyl sites for hydroxylation is 1. The van der Waals surface area contributed by atoms with Crippen molar-refractivity contribution < 1.29 is 13.7 Å². The van der Waals surface area contributed by atoms with Gasteiger partial charge in [-0.3, -0.25) is 4.90 Å². The zero-order valence-corrected chi connectivity index (χ0v) is 15.2. The monoisotopic (exact) mass is 340 g/mol. The van der Waals surface area contributed by atoms with E-state index in [-0.39, 0.29) is 17.7 Å². The van der Waals surface area contributed by atoms with Gasteiger partial charge in [0.05, 0.1) is 18.2 Å². The molecule has 0 N–H and O–H groups in total. The Balaban J connectivity index is 1.52. The van der Waals surface area contributed by atoms with Crippen molar-refractivity contribution in [2.24, 2.45) is 0 Å². The van der Waals surface area contributed by atoms with Crippen LogP contribution in [0.3, 0.4) is 0 Å². The maximum atomic E-state index is 13.9. The number of halogens is 1. The molecule has 0 radical (unpaired) electrons. The molecule has 2 fully saturated rings. The third-order valence-electron chi connectivity index (χ3n) is 4.98. The minimum atomic E-state index is -0.780. The van der Waals surface area contributed by atoms with E-state index in [0.717, 1.165) is 25.9 Å². The lowest BCUT2D eigenvalue weighted by Gasteiger charge is -2.29. The lowest BCUT2D eigenvalue weighted by atomic mass is 10.1. The van der Waals surface area contributed by atoms with Crippen LogP contribution < -0.4 is 0 Å². The van der Waals surface area contributed by atoms with Gasteiger partial charge in [0.15, 0.2) is 5.82 Å². The molecule has 7 heteroatoms. The molecule has 3 atom stereocenters. The highest BCUT2D eigenvalue weighted by Gasteiger charge is 2.35. The van der Waals surface area contributed by atoms with Gasteiger partial charge in [0.25, 0.3) is 0 Å². The van der Waals surface area contributed by atoms with Crippen LogP contribution in [0.15, 0.2) is 4.52 Å². The molecule has 0 aromatic carbocycles. The van der Waals surface area contributed by atoms with E-state index in [1.54, 1.807) is 6.92 Å². The fourth-order valence-corrected chi connectivity index (χ4v) is 3.88. The Morgan fingerprint density at radius 2 is 2.17 bits per heavy atom. The standard InChI is InChI=1S/C17H29FN4O2/c1-12-19-16(20-24-12)11-22-8-13(18)7-14(22)9-21(4)10-15-5-6-17(2,3)23-15/h13-15H,5-11H2,1-4H3/t13-,14-,15?/m0/s1. The maximum absolute atomic E-state index is 13.9. The molecule has 136 valence electrons. The third-order valence-corrected chi connectivity index (χ3v) is 4.98. The maximum Gasteiger partial charge on any atom is 0.223 e. The van der Waals surface area contributed by atoms with Gasteiger partial charge in [0.1, 0.15) is 6.17 Å². The van der Waals surface area contributed by atoms with E-state index in [2.05, 4.69) is 40.8 Å². The van der Waals surface area contributed by atoms with Crippen molar-refractivity contribution in [2.75, 3.05) is 26.7 Å². The van der Waals surface area contributed by atoms with E-state index in [0.29, 0.717) is 31.2 Å². The van der Waals surface area contributed by atoms with E-state index < -0.39 is 6.17 Å². The molecule has 0 spiro atoms. The lowest BCUT2D eigenvalue weighted by molar-refractivity contribution is -0.0277. The highest BCUT2D eigenvalue weighted by Crippen LogP contribution is 2.30. The summed E-state index contributed by atoms with van der Waals surface area (Å²) in [5.74, 6) is 1.19. The normalized spacial score (nSPS) is 30.5. The third kappa shape index (κ3) is 4.52. The molecule has 0 aliphatic carbocycles. The molecule has 1 aromatic rings. The molecule has 2 aliphatic rings. The second-order valence-corrected chi connectivity index (χ2v) is 7.91. The van der Waals surface area contributed by atoms with Crippen molar-refractivity contribution >= 4 is 0 Å². The SMILES string of the molecule is Cc1nc(CN2C[C@@H](F)C[C@H]2CN(C)CC2CCC(C)(C)O2)no1. The molecule has 0 amide bonds. The largest absolute Gasteiger partial charge is 0.371 e. The summed E-state index contributed by atoms with van der Waals surface area (Å²) in [7, 11) is 2.09. The second kappa shape index (κ2) is 7.06. The van der Waals surface area contributed by atoms with Crippen LogP contribution in [-0.4, -0.2) is 70.5 Å². The minimum Gasteiger partial charge on any atom is -0.371 e. The van der Waals surface area contributed by atoms with Crippen molar-refractivity contribution in [2.45, 2.75) is 70.5 Å². The predicted octanol–water partition coefficient (Wildman–Crippen LogP) is 2.18. The Labute approximate surface area is 143 Å². The molecule has 0 bridgehead atoms. The quantitative estimate of drug-likeness (QED) is 0.791. The average Bonchev–Trinajstić information content (AvgIpc) is 3.12. The van der Waals surface area contributed by atoms with Gasteiger partial charge in [0.2, 0.25) is 5.89 Å². The van der Waals surface area contributed by atoms with Crippen LogP contribution in [-0.2, 0) is 11.3 Å².